The second-order valence-electron chi connectivity index (χ2n) is 0.697. The molecule has 0 unspecified atom stereocenters. The van der Waals surface area contributed by atoms with Gasteiger partial charge in [-0.3, -0.25) is 0 Å². The summed E-state index contributed by atoms with van der Waals surface area (Å²) in [5.74, 6) is -0.440. The quantitative estimate of drug-likeness (QED) is 0.420. The van der Waals surface area contributed by atoms with Crippen molar-refractivity contribution in [2.45, 2.75) is 0 Å². The fourth-order valence-electron chi connectivity index (χ4n) is 0. The maximum atomic E-state index is 9.45. The van der Waals surface area contributed by atoms with E-state index in [9.17, 15) is 4.79 Å². The smallest absolute Gasteiger partial charge is 0.328 e. The Morgan fingerprint density at radius 2 is 2.20 bits per heavy atom. The van der Waals surface area contributed by atoms with Crippen LogP contribution in [0.25, 0.3) is 0 Å². The summed E-state index contributed by atoms with van der Waals surface area (Å²) in [6, 6.07) is 0. The first-order valence-corrected chi connectivity index (χ1v) is 1.23. The number of rotatable bonds is 1. The van der Waals surface area contributed by atoms with Crippen molar-refractivity contribution < 1.29 is 9.90 Å². The van der Waals surface area contributed by atoms with Crippen molar-refractivity contribution in [3.05, 3.63) is 6.92 Å². The van der Waals surface area contributed by atoms with E-state index in [1.807, 2.05) is 0 Å². The number of aliphatic hydroxyl groups excluding tert-OH is 1. The highest BCUT2D eigenvalue weighted by atomic mass is 16.3. The number of ketones is 1. The minimum atomic E-state index is -0.444. The molecule has 0 rings (SSSR count). The molecule has 0 aliphatic carbocycles. The Kier molecular flexibility index (Phi) is 1.61. The van der Waals surface area contributed by atoms with Gasteiger partial charge in [0.05, 0.1) is 0 Å². The molecule has 0 fully saturated rings. The number of aliphatic hydroxyl groups is 1. The third kappa shape index (κ3) is 3.50. The summed E-state index contributed by atoms with van der Waals surface area (Å²) in [6.07, 6.45) is 0. The van der Waals surface area contributed by atoms with Crippen molar-refractivity contribution in [2.24, 2.45) is 0 Å². The van der Waals surface area contributed by atoms with Crippen LogP contribution >= 0.6 is 0 Å². The molecule has 0 bridgehead atoms. The average molecular weight is 73.1 g/mol. The number of Topliss-reactive ketones (excluding diaryl/α,β-unsaturated/α-hetero) is 1. The summed E-state index contributed by atoms with van der Waals surface area (Å²) < 4.78 is 0. The molecule has 28 valence electrons. The molecule has 5 heavy (non-hydrogen) atoms. The first-order valence-electron chi connectivity index (χ1n) is 1.23. The molecule has 0 atom stereocenters. The van der Waals surface area contributed by atoms with Crippen LogP contribution in [0.1, 0.15) is 0 Å². The molecule has 0 radical (unpaired) electrons. The van der Waals surface area contributed by atoms with E-state index in [1.165, 1.54) is 0 Å². The first-order chi connectivity index (χ1) is 2.27. The van der Waals surface area contributed by atoms with Crippen LogP contribution in [0.5, 0.6) is 0 Å². The Morgan fingerprint density at radius 3 is 2.20 bits per heavy atom. The Hall–Kier alpha value is -0.500. The zero-order chi connectivity index (χ0) is 4.28. The lowest BCUT2D eigenvalue weighted by atomic mass is 10.5. The maximum Gasteiger partial charge on any atom is 0.328 e. The highest BCUT2D eigenvalue weighted by molar-refractivity contribution is 5.83. The number of hydrogen-bond donors (Lipinski definition) is 1. The molecule has 1 N–H and O–H groups in total. The minimum absolute atomic E-state index is 0.440. The molecule has 2 nitrogen and oxygen atoms in total. The van der Waals surface area contributed by atoms with Gasteiger partial charge in [0.2, 0.25) is 0 Å². The Labute approximate surface area is 30.4 Å². The Morgan fingerprint density at radius 1 is 2.00 bits per heavy atom. The fourth-order valence-corrected chi connectivity index (χ4v) is 0. The van der Waals surface area contributed by atoms with E-state index >= 15 is 0 Å². The highest BCUT2D eigenvalue weighted by Crippen LogP contribution is 1.54. The van der Waals surface area contributed by atoms with Crippen LogP contribution in [0, 0.1) is 6.92 Å². The first kappa shape index (κ1) is 4.50. The molecule has 0 saturated carbocycles. The van der Waals surface area contributed by atoms with Gasteiger partial charge in [-0.15, -0.1) is 0 Å². The van der Waals surface area contributed by atoms with Gasteiger partial charge >= 0.3 is 5.78 Å². The minimum Gasteiger partial charge on any atom is -0.384 e. The lowest BCUT2D eigenvalue weighted by Gasteiger charge is -1.63. The van der Waals surface area contributed by atoms with Crippen LogP contribution in [-0.4, -0.2) is 17.5 Å². The maximum absolute atomic E-state index is 9.45. The second-order valence-corrected chi connectivity index (χ2v) is 0.697. The van der Waals surface area contributed by atoms with E-state index in [0.717, 1.165) is 0 Å². The zero-order valence-electron chi connectivity index (χ0n) is 2.77. The van der Waals surface area contributed by atoms with Crippen molar-refractivity contribution in [3.63, 3.8) is 0 Å². The highest BCUT2D eigenvalue weighted by Gasteiger charge is 1.90. The number of hydrogen-bond acceptors (Lipinski definition) is 2. The van der Waals surface area contributed by atoms with Crippen molar-refractivity contribution in [1.82, 2.24) is 0 Å². The third-order valence-corrected chi connectivity index (χ3v) is 0.176. The zero-order valence-corrected chi connectivity index (χ0v) is 2.77. The molecular formula is C3H5O2+. The van der Waals surface area contributed by atoms with E-state index in [0.29, 0.717) is 0 Å². The van der Waals surface area contributed by atoms with Gasteiger partial charge in [0.25, 0.3) is 0 Å². The van der Waals surface area contributed by atoms with Gasteiger partial charge in [-0.05, 0) is 0 Å². The Balaban J connectivity index is 2.85. The number of carbonyl (C=O) groups is 1. The van der Waals surface area contributed by atoms with Gasteiger partial charge in [0.1, 0.15) is 13.5 Å². The van der Waals surface area contributed by atoms with Crippen LogP contribution < -0.4 is 0 Å². The molecule has 0 saturated heterocycles. The van der Waals surface area contributed by atoms with Crippen LogP contribution in [0.3, 0.4) is 0 Å². The molecule has 0 aliphatic rings. The van der Waals surface area contributed by atoms with Crippen molar-refractivity contribution in [2.75, 3.05) is 6.61 Å². The van der Waals surface area contributed by atoms with E-state index in [-0.39, 0.29) is 0 Å². The Bertz CT molecular complexity index is 40.2. The molecule has 0 aliphatic heterocycles. The van der Waals surface area contributed by atoms with Crippen LogP contribution in [-0.2, 0) is 4.79 Å². The predicted molar refractivity (Wildman–Crippen MR) is 17.4 cm³/mol. The average Bonchev–Trinajstić information content (AvgIpc) is 1.38. The summed E-state index contributed by atoms with van der Waals surface area (Å²) in [7, 11) is 0. The molecule has 2 heteroatoms. The molecule has 0 aromatic rings. The van der Waals surface area contributed by atoms with Crippen LogP contribution in [0.15, 0.2) is 0 Å². The number of carbonyl (C=O) groups excluding carboxylic acids is 1. The van der Waals surface area contributed by atoms with Crippen LogP contribution in [0.2, 0.25) is 0 Å². The summed E-state index contributed by atoms with van der Waals surface area (Å²) >= 11 is 0. The summed E-state index contributed by atoms with van der Waals surface area (Å²) in [5.41, 5.74) is 0. The molecule has 0 aromatic carbocycles. The third-order valence-electron chi connectivity index (χ3n) is 0.176. The van der Waals surface area contributed by atoms with E-state index < -0.39 is 12.4 Å². The van der Waals surface area contributed by atoms with Gasteiger partial charge in [0.15, 0.2) is 0 Å². The SMILES string of the molecule is [CH2+]C(=O)CO. The van der Waals surface area contributed by atoms with E-state index in [1.54, 1.807) is 0 Å². The summed E-state index contributed by atoms with van der Waals surface area (Å²) in [6.45, 7) is 2.42. The predicted octanol–water partition coefficient (Wildman–Crippen LogP) is -0.618. The van der Waals surface area contributed by atoms with Crippen molar-refractivity contribution >= 4 is 5.78 Å². The monoisotopic (exact) mass is 73.0 g/mol. The fraction of sp³-hybridized carbons (Fsp3) is 0.333. The normalized spacial score (nSPS) is 7.40. The second kappa shape index (κ2) is 1.79. The summed E-state index contributed by atoms with van der Waals surface area (Å²) in [4.78, 5) is 9.45. The molecular weight excluding hydrogens is 68.0 g/mol. The molecule has 0 amide bonds. The van der Waals surface area contributed by atoms with Crippen molar-refractivity contribution in [3.8, 4) is 0 Å². The van der Waals surface area contributed by atoms with Gasteiger partial charge in [-0.25, -0.2) is 4.79 Å². The molecule has 0 spiro atoms. The molecule has 0 heterocycles. The van der Waals surface area contributed by atoms with Gasteiger partial charge in [-0.2, -0.15) is 0 Å². The van der Waals surface area contributed by atoms with Gasteiger partial charge in [0, 0.05) is 0 Å². The largest absolute Gasteiger partial charge is 0.384 e. The van der Waals surface area contributed by atoms with Gasteiger partial charge < -0.3 is 5.11 Å². The van der Waals surface area contributed by atoms with E-state index in [4.69, 9.17) is 5.11 Å². The lowest BCUT2D eigenvalue weighted by Crippen LogP contribution is -1.94. The lowest BCUT2D eigenvalue weighted by molar-refractivity contribution is -0.117. The summed E-state index contributed by atoms with van der Waals surface area (Å²) in [5, 5.41) is 7.73. The van der Waals surface area contributed by atoms with E-state index in [2.05, 4.69) is 6.92 Å². The van der Waals surface area contributed by atoms with Crippen LogP contribution in [0.4, 0.5) is 0 Å². The standard InChI is InChI=1S/C3H5O2/c1-3(5)2-4/h4H,1-2H2/q+1. The molecule has 0 aromatic heterocycles. The van der Waals surface area contributed by atoms with Gasteiger partial charge in [-0.1, -0.05) is 0 Å². The van der Waals surface area contributed by atoms with Crippen molar-refractivity contribution in [1.29, 1.82) is 0 Å². The topological polar surface area (TPSA) is 37.3 Å².